The molecule has 6 nitrogen and oxygen atoms in total. The van der Waals surface area contributed by atoms with Crippen molar-refractivity contribution in [2.75, 3.05) is 18.0 Å². The van der Waals surface area contributed by atoms with E-state index in [2.05, 4.69) is 22.0 Å². The van der Waals surface area contributed by atoms with Crippen molar-refractivity contribution in [1.29, 1.82) is 0 Å². The fraction of sp³-hybridized carbons (Fsp3) is 0.500. The van der Waals surface area contributed by atoms with Crippen LogP contribution in [0.5, 0.6) is 0 Å². The summed E-state index contributed by atoms with van der Waals surface area (Å²) in [5.41, 5.74) is 1.70. The molecule has 206 valence electrons. The summed E-state index contributed by atoms with van der Waals surface area (Å²) in [5, 5.41) is 8.45. The van der Waals surface area contributed by atoms with Crippen molar-refractivity contribution < 1.29 is 18.0 Å². The molecule has 0 N–H and O–H groups in total. The minimum absolute atomic E-state index is 0.0237. The zero-order valence-electron chi connectivity index (χ0n) is 22.4. The average Bonchev–Trinajstić information content (AvgIpc) is 3.43. The molecule has 2 aromatic carbocycles. The lowest BCUT2D eigenvalue weighted by Crippen LogP contribution is -2.33. The summed E-state index contributed by atoms with van der Waals surface area (Å²) >= 11 is 0. The van der Waals surface area contributed by atoms with Crippen molar-refractivity contribution in [3.05, 3.63) is 76.4 Å². The first-order valence-corrected chi connectivity index (χ1v) is 13.9. The Labute approximate surface area is 226 Å². The van der Waals surface area contributed by atoms with E-state index in [9.17, 15) is 18.0 Å². The molecule has 2 atom stereocenters. The molecule has 9 heteroatoms. The number of benzene rings is 2. The third-order valence-electron chi connectivity index (χ3n) is 8.74. The number of alkyl halides is 3. The van der Waals surface area contributed by atoms with Gasteiger partial charge in [-0.2, -0.15) is 13.2 Å². The van der Waals surface area contributed by atoms with Crippen molar-refractivity contribution in [3.8, 4) is 0 Å². The van der Waals surface area contributed by atoms with Gasteiger partial charge in [0.25, 0.3) is 5.91 Å². The minimum Gasteiger partial charge on any atom is -0.320 e. The van der Waals surface area contributed by atoms with Crippen LogP contribution in [0.1, 0.15) is 83.4 Å². The molecule has 1 saturated carbocycles. The maximum Gasteiger partial charge on any atom is 0.416 e. The highest BCUT2D eigenvalue weighted by Gasteiger charge is 2.41. The second-order valence-electron chi connectivity index (χ2n) is 11.6. The summed E-state index contributed by atoms with van der Waals surface area (Å²) in [6, 6.07) is 10.6. The van der Waals surface area contributed by atoms with Gasteiger partial charge < -0.3 is 9.47 Å². The van der Waals surface area contributed by atoms with E-state index < -0.39 is 11.7 Å². The Bertz CT molecular complexity index is 1380. The van der Waals surface area contributed by atoms with Crippen LogP contribution in [0.3, 0.4) is 0 Å². The highest BCUT2D eigenvalue weighted by Crippen LogP contribution is 2.44. The molecule has 0 bridgehead atoms. The van der Waals surface area contributed by atoms with E-state index >= 15 is 0 Å². The number of likely N-dealkylation sites (tertiary alicyclic amines) is 1. The molecule has 1 aliphatic carbocycles. The van der Waals surface area contributed by atoms with Gasteiger partial charge in [-0.15, -0.1) is 10.2 Å². The van der Waals surface area contributed by atoms with Gasteiger partial charge in [-0.05, 0) is 85.0 Å². The lowest BCUT2D eigenvalue weighted by atomic mass is 9.72. The van der Waals surface area contributed by atoms with E-state index in [0.29, 0.717) is 29.6 Å². The summed E-state index contributed by atoms with van der Waals surface area (Å²) in [6.07, 6.45) is 2.67. The molecule has 1 aromatic heterocycles. The van der Waals surface area contributed by atoms with Gasteiger partial charge in [-0.1, -0.05) is 25.5 Å². The summed E-state index contributed by atoms with van der Waals surface area (Å²) < 4.78 is 44.7. The summed E-state index contributed by atoms with van der Waals surface area (Å²) in [5.74, 6) is 1.45. The normalized spacial score (nSPS) is 21.2. The minimum atomic E-state index is -4.53. The van der Waals surface area contributed by atoms with Crippen molar-refractivity contribution >= 4 is 11.6 Å². The smallest absolute Gasteiger partial charge is 0.320 e. The van der Waals surface area contributed by atoms with Crippen LogP contribution in [0, 0.1) is 11.8 Å². The number of aryl methyl sites for hydroxylation is 1. The molecule has 2 aliphatic heterocycles. The number of hydrogen-bond donors (Lipinski definition) is 0. The van der Waals surface area contributed by atoms with Crippen LogP contribution in [-0.4, -0.2) is 38.7 Å². The molecule has 1 saturated heterocycles. The zero-order valence-corrected chi connectivity index (χ0v) is 22.4. The Balaban J connectivity index is 1.33. The Morgan fingerprint density at radius 2 is 1.92 bits per heavy atom. The number of aromatic nitrogens is 3. The lowest BCUT2D eigenvalue weighted by molar-refractivity contribution is -0.138. The van der Waals surface area contributed by atoms with E-state index in [1.54, 1.807) is 12.4 Å². The maximum absolute atomic E-state index is 14.3. The first-order chi connectivity index (χ1) is 18.7. The molecule has 3 aliphatic rings. The number of rotatable bonds is 6. The number of anilines is 1. The Morgan fingerprint density at radius 3 is 2.59 bits per heavy atom. The fourth-order valence-corrected chi connectivity index (χ4v) is 6.57. The van der Waals surface area contributed by atoms with E-state index in [1.807, 2.05) is 35.9 Å². The number of piperidine rings is 1. The Hall–Kier alpha value is -3.20. The van der Waals surface area contributed by atoms with Crippen LogP contribution in [0.15, 0.2) is 42.7 Å². The fourth-order valence-electron chi connectivity index (χ4n) is 6.57. The van der Waals surface area contributed by atoms with Gasteiger partial charge in [0.15, 0.2) is 0 Å². The van der Waals surface area contributed by atoms with E-state index in [-0.39, 0.29) is 29.5 Å². The van der Waals surface area contributed by atoms with Gasteiger partial charge >= 0.3 is 6.18 Å². The molecule has 1 unspecified atom stereocenters. The van der Waals surface area contributed by atoms with Crippen molar-refractivity contribution in [1.82, 2.24) is 19.7 Å². The number of hydrogen-bond acceptors (Lipinski definition) is 4. The highest BCUT2D eigenvalue weighted by molar-refractivity contribution is 6.10. The molecule has 0 radical (unpaired) electrons. The molecule has 2 fully saturated rings. The van der Waals surface area contributed by atoms with Gasteiger partial charge in [-0.3, -0.25) is 9.69 Å². The third kappa shape index (κ3) is 4.97. The Kier molecular flexibility index (Phi) is 6.73. The van der Waals surface area contributed by atoms with Crippen LogP contribution in [0.2, 0.25) is 0 Å². The highest BCUT2D eigenvalue weighted by atomic mass is 19.4. The summed E-state index contributed by atoms with van der Waals surface area (Å²) in [4.78, 5) is 17.3. The SMILES string of the molecule is CC1CCCN(Cc2cc3c(c(C(F)(F)F)c2)CN(c2cccc([C@@H](c4nncn4C)C4CCC4)c2)C3=O)C1. The van der Waals surface area contributed by atoms with E-state index in [4.69, 9.17) is 0 Å². The largest absolute Gasteiger partial charge is 0.416 e. The van der Waals surface area contributed by atoms with Crippen molar-refractivity contribution in [2.24, 2.45) is 18.9 Å². The predicted molar refractivity (Wildman–Crippen MR) is 142 cm³/mol. The molecule has 39 heavy (non-hydrogen) atoms. The molecular formula is C30H34F3N5O. The van der Waals surface area contributed by atoms with Gasteiger partial charge in [0.1, 0.15) is 12.2 Å². The van der Waals surface area contributed by atoms with Crippen LogP contribution in [0.4, 0.5) is 18.9 Å². The summed E-state index contributed by atoms with van der Waals surface area (Å²) in [6.45, 7) is 4.23. The average molecular weight is 538 g/mol. The van der Waals surface area contributed by atoms with Crippen molar-refractivity contribution in [2.45, 2.75) is 64.2 Å². The van der Waals surface area contributed by atoms with Crippen LogP contribution >= 0.6 is 0 Å². The molecule has 0 spiro atoms. The molecule has 3 heterocycles. The number of carbonyl (C=O) groups is 1. The standard InChI is InChI=1S/C30H34F3N5O/c1-19-6-5-11-37(15-19)16-20-12-24-25(26(13-20)30(31,32)33)17-38(29(24)39)23-10-4-9-22(14-23)27(21-7-3-8-21)28-35-34-18-36(28)2/h4,9-10,12-14,18-19,21,27H,3,5-8,11,15-17H2,1-2H3/t19?,27-/m0/s1. The quantitative estimate of drug-likeness (QED) is 0.378. The van der Waals surface area contributed by atoms with Crippen molar-refractivity contribution in [3.63, 3.8) is 0 Å². The number of nitrogens with zero attached hydrogens (tertiary/aromatic N) is 5. The number of halogens is 3. The Morgan fingerprint density at radius 1 is 1.10 bits per heavy atom. The second-order valence-corrected chi connectivity index (χ2v) is 11.6. The van der Waals surface area contributed by atoms with Gasteiger partial charge in [-0.25, -0.2) is 0 Å². The molecule has 3 aromatic rings. The lowest BCUT2D eigenvalue weighted by Gasteiger charge is -2.33. The van der Waals surface area contributed by atoms with Crippen LogP contribution < -0.4 is 4.90 Å². The zero-order chi connectivity index (χ0) is 27.3. The number of carbonyl (C=O) groups excluding carboxylic acids is 1. The predicted octanol–water partition coefficient (Wildman–Crippen LogP) is 6.16. The monoisotopic (exact) mass is 537 g/mol. The van der Waals surface area contributed by atoms with Gasteiger partial charge in [0, 0.05) is 37.3 Å². The van der Waals surface area contributed by atoms with Crippen LogP contribution in [-0.2, 0) is 26.3 Å². The topological polar surface area (TPSA) is 54.3 Å². The van der Waals surface area contributed by atoms with E-state index in [1.165, 1.54) is 11.0 Å². The molecule has 6 rings (SSSR count). The third-order valence-corrected chi connectivity index (χ3v) is 8.74. The number of amides is 1. The van der Waals surface area contributed by atoms with Gasteiger partial charge in [0.2, 0.25) is 0 Å². The second kappa shape index (κ2) is 10.1. The van der Waals surface area contributed by atoms with E-state index in [0.717, 1.165) is 56.6 Å². The summed E-state index contributed by atoms with van der Waals surface area (Å²) in [7, 11) is 1.92. The van der Waals surface area contributed by atoms with Crippen LogP contribution in [0.25, 0.3) is 0 Å². The maximum atomic E-state index is 14.3. The number of fused-ring (bicyclic) bond motifs is 1. The molecular weight excluding hydrogens is 503 g/mol. The first kappa shape index (κ1) is 26.0. The molecule has 1 amide bonds. The first-order valence-electron chi connectivity index (χ1n) is 13.9. The van der Waals surface area contributed by atoms with Gasteiger partial charge in [0.05, 0.1) is 12.1 Å².